The number of esters is 2. The van der Waals surface area contributed by atoms with Crippen molar-refractivity contribution in [2.45, 2.75) is 77.6 Å². The quantitative estimate of drug-likeness (QED) is 0.481. The van der Waals surface area contributed by atoms with E-state index < -0.39 is 23.6 Å². The lowest BCUT2D eigenvalue weighted by molar-refractivity contribution is -0.174. The largest absolute Gasteiger partial charge is 0.461 e. The van der Waals surface area contributed by atoms with Crippen molar-refractivity contribution in [3.05, 3.63) is 11.3 Å². The molecule has 7 nitrogen and oxygen atoms in total. The van der Waals surface area contributed by atoms with Crippen molar-refractivity contribution in [3.63, 3.8) is 0 Å². The van der Waals surface area contributed by atoms with Crippen LogP contribution in [0.4, 0.5) is 0 Å². The van der Waals surface area contributed by atoms with Gasteiger partial charge in [0.05, 0.1) is 6.10 Å². The van der Waals surface area contributed by atoms with Gasteiger partial charge in [-0.05, 0) is 33.6 Å². The number of nitrogens with zero attached hydrogens (tertiary/aromatic N) is 1. The number of amides is 1. The highest BCUT2D eigenvalue weighted by molar-refractivity contribution is 8.00. The number of thioether (sulfide) groups is 1. The molecule has 0 bridgehead atoms. The van der Waals surface area contributed by atoms with E-state index in [0.717, 1.165) is 12.8 Å². The molecule has 0 spiro atoms. The van der Waals surface area contributed by atoms with E-state index in [-0.39, 0.29) is 29.7 Å². The van der Waals surface area contributed by atoms with Crippen LogP contribution in [0.25, 0.3) is 0 Å². The van der Waals surface area contributed by atoms with Gasteiger partial charge in [-0.2, -0.15) is 0 Å². The van der Waals surface area contributed by atoms with Crippen LogP contribution in [0.15, 0.2) is 11.3 Å². The highest BCUT2D eigenvalue weighted by Gasteiger charge is 2.55. The van der Waals surface area contributed by atoms with Gasteiger partial charge in [0.2, 0.25) is 0 Å². The lowest BCUT2D eigenvalue weighted by Crippen LogP contribution is -2.66. The van der Waals surface area contributed by atoms with Crippen LogP contribution < -0.4 is 0 Å². The number of ether oxygens (including phenoxy) is 3. The highest BCUT2D eigenvalue weighted by Crippen LogP contribution is 2.43. The fourth-order valence-corrected chi connectivity index (χ4v) is 4.25. The Morgan fingerprint density at radius 2 is 1.89 bits per heavy atom. The van der Waals surface area contributed by atoms with Crippen LogP contribution in [0.5, 0.6) is 0 Å². The van der Waals surface area contributed by atoms with Gasteiger partial charge in [-0.25, -0.2) is 4.79 Å². The van der Waals surface area contributed by atoms with Crippen LogP contribution in [0.2, 0.25) is 0 Å². The molecule has 1 fully saturated rings. The maximum absolute atomic E-state index is 12.8. The summed E-state index contributed by atoms with van der Waals surface area (Å²) in [6, 6.07) is 0. The van der Waals surface area contributed by atoms with Crippen LogP contribution in [0.1, 0.15) is 54.4 Å². The molecule has 1 amide bonds. The van der Waals surface area contributed by atoms with Gasteiger partial charge >= 0.3 is 11.9 Å². The molecule has 152 valence electrons. The molecule has 0 unspecified atom stereocenters. The SMILES string of the molecule is CCC(CC)O[C@H]1C(=O)N2C(C(=O)OC(C)(C)C)=C(COC(C)=O)CS[C@H]12. The van der Waals surface area contributed by atoms with E-state index in [2.05, 4.69) is 0 Å². The fraction of sp³-hybridized carbons (Fsp3) is 0.737. The molecule has 0 aromatic heterocycles. The first kappa shape index (κ1) is 21.8. The summed E-state index contributed by atoms with van der Waals surface area (Å²) in [5, 5.41) is -0.262. The van der Waals surface area contributed by atoms with Gasteiger partial charge in [0.1, 0.15) is 23.3 Å². The second-order valence-electron chi connectivity index (χ2n) is 7.64. The normalized spacial score (nSPS) is 22.5. The predicted molar refractivity (Wildman–Crippen MR) is 102 cm³/mol. The summed E-state index contributed by atoms with van der Waals surface area (Å²) in [5.41, 5.74) is 0.0649. The van der Waals surface area contributed by atoms with Crippen LogP contribution in [-0.4, -0.2) is 58.3 Å². The molecule has 0 saturated carbocycles. The lowest BCUT2D eigenvalue weighted by atomic mass is 10.0. The van der Waals surface area contributed by atoms with E-state index in [1.807, 2.05) is 13.8 Å². The van der Waals surface area contributed by atoms with Crippen LogP contribution in [-0.2, 0) is 28.6 Å². The Bertz CT molecular complexity index is 635. The summed E-state index contributed by atoms with van der Waals surface area (Å²) < 4.78 is 16.5. The molecule has 1 saturated heterocycles. The second kappa shape index (κ2) is 8.65. The zero-order chi connectivity index (χ0) is 20.4. The third-order valence-electron chi connectivity index (χ3n) is 4.29. The monoisotopic (exact) mass is 399 g/mol. The molecule has 2 atom stereocenters. The Hall–Kier alpha value is -1.54. The summed E-state index contributed by atoms with van der Waals surface area (Å²) in [4.78, 5) is 38.2. The van der Waals surface area contributed by atoms with Crippen LogP contribution in [0, 0.1) is 0 Å². The molecule has 27 heavy (non-hydrogen) atoms. The topological polar surface area (TPSA) is 82.1 Å². The first-order valence-corrected chi connectivity index (χ1v) is 10.3. The minimum Gasteiger partial charge on any atom is -0.461 e. The third-order valence-corrected chi connectivity index (χ3v) is 5.60. The molecular formula is C19H29NO6S. The first-order chi connectivity index (χ1) is 12.6. The van der Waals surface area contributed by atoms with Crippen molar-refractivity contribution >= 4 is 29.6 Å². The van der Waals surface area contributed by atoms with E-state index in [1.54, 1.807) is 20.8 Å². The van der Waals surface area contributed by atoms with Crippen molar-refractivity contribution in [1.29, 1.82) is 0 Å². The molecule has 2 rings (SSSR count). The van der Waals surface area contributed by atoms with Gasteiger partial charge < -0.3 is 14.2 Å². The minimum absolute atomic E-state index is 0.0121. The van der Waals surface area contributed by atoms with Crippen LogP contribution >= 0.6 is 11.8 Å². The summed E-state index contributed by atoms with van der Waals surface area (Å²) in [7, 11) is 0. The zero-order valence-electron chi connectivity index (χ0n) is 16.9. The zero-order valence-corrected chi connectivity index (χ0v) is 17.7. The van der Waals surface area contributed by atoms with E-state index in [1.165, 1.54) is 23.6 Å². The van der Waals surface area contributed by atoms with Gasteiger partial charge in [-0.15, -0.1) is 11.8 Å². The Balaban J connectivity index is 2.26. The maximum Gasteiger partial charge on any atom is 0.355 e. The second-order valence-corrected chi connectivity index (χ2v) is 8.74. The van der Waals surface area contributed by atoms with E-state index >= 15 is 0 Å². The average Bonchev–Trinajstić information content (AvgIpc) is 2.58. The average molecular weight is 400 g/mol. The lowest BCUT2D eigenvalue weighted by Gasteiger charge is -2.50. The standard InChI is InChI=1S/C19H29NO6S/c1-7-13(8-2)25-15-16(22)20-14(18(23)26-19(4,5)6)12(9-24-11(3)21)10-27-17(15)20/h13,15,17H,7-10H2,1-6H3/t15-,17+/m0/s1. The third kappa shape index (κ3) is 5.04. The summed E-state index contributed by atoms with van der Waals surface area (Å²) >= 11 is 1.51. The van der Waals surface area contributed by atoms with Gasteiger partial charge in [0.15, 0.2) is 6.10 Å². The number of rotatable bonds is 7. The summed E-state index contributed by atoms with van der Waals surface area (Å²) in [5.74, 6) is -0.799. The summed E-state index contributed by atoms with van der Waals surface area (Å²) in [6.07, 6.45) is 1.10. The van der Waals surface area contributed by atoms with E-state index in [9.17, 15) is 14.4 Å². The highest BCUT2D eigenvalue weighted by atomic mass is 32.2. The number of hydrogen-bond acceptors (Lipinski definition) is 7. The Labute approximate surface area is 164 Å². The molecule has 0 aromatic carbocycles. The number of fused-ring (bicyclic) bond motifs is 1. The fourth-order valence-electron chi connectivity index (χ4n) is 2.94. The molecule has 0 radical (unpaired) electrons. The van der Waals surface area contributed by atoms with Crippen molar-refractivity contribution in [3.8, 4) is 0 Å². The molecule has 2 aliphatic rings. The Morgan fingerprint density at radius 1 is 1.26 bits per heavy atom. The Kier molecular flexibility index (Phi) is 6.97. The van der Waals surface area contributed by atoms with Gasteiger partial charge in [-0.1, -0.05) is 13.8 Å². The van der Waals surface area contributed by atoms with Gasteiger partial charge in [0, 0.05) is 18.2 Å². The predicted octanol–water partition coefficient (Wildman–Crippen LogP) is 2.63. The molecule has 0 aromatic rings. The van der Waals surface area contributed by atoms with Gasteiger partial charge in [-0.3, -0.25) is 14.5 Å². The summed E-state index contributed by atoms with van der Waals surface area (Å²) in [6.45, 7) is 10.6. The number of carbonyl (C=O) groups excluding carboxylic acids is 3. The molecule has 2 heterocycles. The molecular weight excluding hydrogens is 370 g/mol. The Morgan fingerprint density at radius 3 is 2.41 bits per heavy atom. The van der Waals surface area contributed by atoms with Gasteiger partial charge in [0.25, 0.3) is 5.91 Å². The maximum atomic E-state index is 12.8. The minimum atomic E-state index is -0.698. The van der Waals surface area contributed by atoms with Crippen molar-refractivity contribution in [2.24, 2.45) is 0 Å². The van der Waals surface area contributed by atoms with Crippen molar-refractivity contribution < 1.29 is 28.6 Å². The van der Waals surface area contributed by atoms with Crippen molar-refractivity contribution in [2.75, 3.05) is 12.4 Å². The smallest absolute Gasteiger partial charge is 0.355 e. The number of hydrogen-bond donors (Lipinski definition) is 0. The molecule has 8 heteroatoms. The van der Waals surface area contributed by atoms with E-state index in [4.69, 9.17) is 14.2 Å². The van der Waals surface area contributed by atoms with Crippen LogP contribution in [0.3, 0.4) is 0 Å². The number of β-lactam (4-membered cyclic amide) rings is 1. The van der Waals surface area contributed by atoms with E-state index in [0.29, 0.717) is 11.3 Å². The molecule has 2 aliphatic heterocycles. The van der Waals surface area contributed by atoms with Crippen molar-refractivity contribution in [1.82, 2.24) is 4.90 Å². The molecule has 0 N–H and O–H groups in total. The first-order valence-electron chi connectivity index (χ1n) is 9.27. The molecule has 0 aliphatic carbocycles. The number of carbonyl (C=O) groups is 3.